The van der Waals surface area contributed by atoms with Crippen LogP contribution < -0.4 is 0 Å². The van der Waals surface area contributed by atoms with E-state index in [1.165, 1.54) is 6.07 Å². The molecule has 0 atom stereocenters. The lowest BCUT2D eigenvalue weighted by Gasteiger charge is -2.07. The van der Waals surface area contributed by atoms with Gasteiger partial charge in [-0.3, -0.25) is 0 Å². The third-order valence-electron chi connectivity index (χ3n) is 1.68. The van der Waals surface area contributed by atoms with Crippen LogP contribution >= 0.6 is 15.9 Å². The van der Waals surface area contributed by atoms with Gasteiger partial charge >= 0.3 is 0 Å². The van der Waals surface area contributed by atoms with E-state index in [0.29, 0.717) is 0 Å². The van der Waals surface area contributed by atoms with Crippen LogP contribution in [0.3, 0.4) is 0 Å². The molecule has 6 heteroatoms. The second-order valence-corrected chi connectivity index (χ2v) is 3.14. The Bertz CT molecular complexity index is 333. The molecule has 1 aromatic heterocycles. The summed E-state index contributed by atoms with van der Waals surface area (Å²) in [5, 5.41) is 8.83. The number of hydrogen-bond donors (Lipinski definition) is 1. The van der Waals surface area contributed by atoms with Gasteiger partial charge < -0.3 is 5.11 Å². The lowest BCUT2D eigenvalue weighted by Crippen LogP contribution is -2.03. The molecule has 0 aliphatic heterocycles. The Morgan fingerprint density at radius 1 is 1.43 bits per heavy atom. The predicted octanol–water partition coefficient (Wildman–Crippen LogP) is 2.55. The number of alkyl halides is 3. The van der Waals surface area contributed by atoms with Gasteiger partial charge in [-0.1, -0.05) is 15.9 Å². The van der Waals surface area contributed by atoms with Crippen molar-refractivity contribution in [3.63, 3.8) is 0 Å². The first-order valence-corrected chi connectivity index (χ1v) is 4.85. The van der Waals surface area contributed by atoms with Crippen LogP contribution in [0, 0.1) is 5.95 Å². The molecule has 0 saturated heterocycles. The first-order chi connectivity index (χ1) is 6.60. The molecule has 14 heavy (non-hydrogen) atoms. The highest BCUT2D eigenvalue weighted by atomic mass is 79.9. The summed E-state index contributed by atoms with van der Waals surface area (Å²) in [5.41, 5.74) is -0.481. The van der Waals surface area contributed by atoms with Gasteiger partial charge in [-0.2, -0.15) is 4.39 Å². The van der Waals surface area contributed by atoms with Gasteiger partial charge in [-0.15, -0.1) is 0 Å². The SMILES string of the molecule is OCc1cc(CBr)c(C(F)F)nc1F. The van der Waals surface area contributed by atoms with Crippen LogP contribution in [0.15, 0.2) is 6.07 Å². The fourth-order valence-corrected chi connectivity index (χ4v) is 1.45. The molecule has 0 fully saturated rings. The molecule has 0 spiro atoms. The van der Waals surface area contributed by atoms with Crippen molar-refractivity contribution in [2.75, 3.05) is 0 Å². The van der Waals surface area contributed by atoms with Gasteiger partial charge in [0.2, 0.25) is 5.95 Å². The summed E-state index contributed by atoms with van der Waals surface area (Å²) in [7, 11) is 0. The Balaban J connectivity index is 3.24. The number of hydrogen-bond acceptors (Lipinski definition) is 2. The fraction of sp³-hybridized carbons (Fsp3) is 0.375. The van der Waals surface area contributed by atoms with Crippen molar-refractivity contribution in [1.29, 1.82) is 0 Å². The molecule has 78 valence electrons. The molecule has 0 aliphatic rings. The summed E-state index contributed by atoms with van der Waals surface area (Å²) in [6.07, 6.45) is -2.82. The number of aliphatic hydroxyl groups is 1. The Labute approximate surface area is 86.9 Å². The summed E-state index contributed by atoms with van der Waals surface area (Å²) in [5.74, 6) is -1.05. The Hall–Kier alpha value is -0.620. The first kappa shape index (κ1) is 11.5. The molecule has 0 aromatic carbocycles. The third-order valence-corrected chi connectivity index (χ3v) is 2.29. The molecule has 1 aromatic rings. The zero-order valence-corrected chi connectivity index (χ0v) is 8.56. The normalized spacial score (nSPS) is 11.0. The maximum Gasteiger partial charge on any atom is 0.280 e. The van der Waals surface area contributed by atoms with Crippen molar-refractivity contribution in [2.24, 2.45) is 0 Å². The Morgan fingerprint density at radius 3 is 2.50 bits per heavy atom. The predicted molar refractivity (Wildman–Crippen MR) is 47.7 cm³/mol. The average Bonchev–Trinajstić information content (AvgIpc) is 2.17. The molecule has 0 saturated carbocycles. The number of pyridine rings is 1. The van der Waals surface area contributed by atoms with E-state index in [1.807, 2.05) is 0 Å². The summed E-state index contributed by atoms with van der Waals surface area (Å²) in [6, 6.07) is 1.18. The lowest BCUT2D eigenvalue weighted by atomic mass is 10.1. The second-order valence-electron chi connectivity index (χ2n) is 2.58. The largest absolute Gasteiger partial charge is 0.392 e. The molecular formula is C8H7BrF3NO. The van der Waals surface area contributed by atoms with Crippen molar-refractivity contribution in [3.8, 4) is 0 Å². The van der Waals surface area contributed by atoms with Crippen molar-refractivity contribution in [2.45, 2.75) is 18.4 Å². The van der Waals surface area contributed by atoms with Gasteiger partial charge in [0.25, 0.3) is 6.43 Å². The van der Waals surface area contributed by atoms with E-state index in [-0.39, 0.29) is 16.5 Å². The van der Waals surface area contributed by atoms with E-state index in [2.05, 4.69) is 20.9 Å². The van der Waals surface area contributed by atoms with E-state index in [4.69, 9.17) is 5.11 Å². The van der Waals surface area contributed by atoms with Crippen molar-refractivity contribution >= 4 is 15.9 Å². The highest BCUT2D eigenvalue weighted by Crippen LogP contribution is 2.24. The quantitative estimate of drug-likeness (QED) is 0.676. The van der Waals surface area contributed by atoms with Crippen molar-refractivity contribution in [3.05, 3.63) is 28.8 Å². The van der Waals surface area contributed by atoms with Crippen LogP contribution in [0.5, 0.6) is 0 Å². The maximum absolute atomic E-state index is 12.9. The van der Waals surface area contributed by atoms with Crippen LogP contribution in [0.2, 0.25) is 0 Å². The van der Waals surface area contributed by atoms with Crippen molar-refractivity contribution in [1.82, 2.24) is 4.98 Å². The van der Waals surface area contributed by atoms with Crippen LogP contribution in [0.25, 0.3) is 0 Å². The Morgan fingerprint density at radius 2 is 2.07 bits per heavy atom. The molecule has 0 unspecified atom stereocenters. The standard InChI is InChI=1S/C8H7BrF3NO/c9-2-4-1-5(3-14)8(12)13-6(4)7(10)11/h1,7,14H,2-3H2. The van der Waals surface area contributed by atoms with E-state index in [9.17, 15) is 13.2 Å². The average molecular weight is 270 g/mol. The Kier molecular flexibility index (Phi) is 3.88. The molecular weight excluding hydrogens is 263 g/mol. The minimum atomic E-state index is -2.82. The molecule has 1 N–H and O–H groups in total. The molecule has 0 bridgehead atoms. The minimum absolute atomic E-state index is 0.0798. The first-order valence-electron chi connectivity index (χ1n) is 3.73. The third kappa shape index (κ3) is 2.24. The van der Waals surface area contributed by atoms with Gasteiger partial charge in [0.15, 0.2) is 0 Å². The molecule has 1 heterocycles. The van der Waals surface area contributed by atoms with Crippen LogP contribution in [-0.2, 0) is 11.9 Å². The van der Waals surface area contributed by atoms with Gasteiger partial charge in [0.1, 0.15) is 5.69 Å². The molecule has 0 radical (unpaired) electrons. The fourth-order valence-electron chi connectivity index (χ4n) is 1.00. The summed E-state index contributed by atoms with van der Waals surface area (Å²) in [6.45, 7) is -0.553. The van der Waals surface area contributed by atoms with E-state index >= 15 is 0 Å². The van der Waals surface area contributed by atoms with E-state index in [1.54, 1.807) is 0 Å². The van der Waals surface area contributed by atoms with Gasteiger partial charge in [0.05, 0.1) is 6.61 Å². The van der Waals surface area contributed by atoms with Gasteiger partial charge in [-0.05, 0) is 11.6 Å². The molecule has 0 aliphatic carbocycles. The summed E-state index contributed by atoms with van der Waals surface area (Å²) >= 11 is 2.99. The number of aliphatic hydroxyl groups excluding tert-OH is 1. The highest BCUT2D eigenvalue weighted by molar-refractivity contribution is 9.08. The van der Waals surface area contributed by atoms with Crippen LogP contribution in [0.1, 0.15) is 23.2 Å². The lowest BCUT2D eigenvalue weighted by molar-refractivity contribution is 0.143. The summed E-state index contributed by atoms with van der Waals surface area (Å²) in [4.78, 5) is 3.11. The molecule has 2 nitrogen and oxygen atoms in total. The second kappa shape index (κ2) is 4.75. The van der Waals surface area contributed by atoms with Crippen LogP contribution in [-0.4, -0.2) is 10.1 Å². The highest BCUT2D eigenvalue weighted by Gasteiger charge is 2.17. The van der Waals surface area contributed by atoms with Crippen molar-refractivity contribution < 1.29 is 18.3 Å². The van der Waals surface area contributed by atoms with E-state index < -0.39 is 24.7 Å². The maximum atomic E-state index is 12.9. The molecule has 0 amide bonds. The number of aromatic nitrogens is 1. The topological polar surface area (TPSA) is 33.1 Å². The number of halogens is 4. The van der Waals surface area contributed by atoms with Crippen LogP contribution in [0.4, 0.5) is 13.2 Å². The molecule has 1 rings (SSSR count). The van der Waals surface area contributed by atoms with Gasteiger partial charge in [-0.25, -0.2) is 13.8 Å². The number of nitrogens with zero attached hydrogens (tertiary/aromatic N) is 1. The smallest absolute Gasteiger partial charge is 0.280 e. The number of rotatable bonds is 3. The zero-order chi connectivity index (χ0) is 10.7. The minimum Gasteiger partial charge on any atom is -0.392 e. The summed E-state index contributed by atoms with van der Waals surface area (Å²) < 4.78 is 37.5. The zero-order valence-electron chi connectivity index (χ0n) is 6.98. The van der Waals surface area contributed by atoms with E-state index in [0.717, 1.165) is 0 Å². The van der Waals surface area contributed by atoms with Gasteiger partial charge in [0, 0.05) is 10.9 Å². The monoisotopic (exact) mass is 269 g/mol.